The van der Waals surface area contributed by atoms with Crippen molar-refractivity contribution in [2.45, 2.75) is 37.8 Å². The van der Waals surface area contributed by atoms with Gasteiger partial charge >= 0.3 is 0 Å². The minimum atomic E-state index is -0.241. The molecule has 2 fully saturated rings. The maximum Gasteiger partial charge on any atom is 0.188 e. The van der Waals surface area contributed by atoms with Gasteiger partial charge in [-0.1, -0.05) is 12.5 Å². The molecule has 0 radical (unpaired) electrons. The van der Waals surface area contributed by atoms with E-state index in [1.807, 2.05) is 0 Å². The maximum atomic E-state index is 5.83. The Balaban J connectivity index is 1.61. The molecule has 0 bridgehead atoms. The molecule has 1 unspecified atom stereocenters. The van der Waals surface area contributed by atoms with E-state index >= 15 is 0 Å². The van der Waals surface area contributed by atoms with Gasteiger partial charge in [0.1, 0.15) is 0 Å². The number of nitrogens with zero attached hydrogens (tertiary/aromatic N) is 1. The number of hydroxylamine groups is 1. The largest absolute Gasteiger partial charge is 0.245 e. The van der Waals surface area contributed by atoms with Crippen molar-refractivity contribution in [2.75, 3.05) is 0 Å². The molecule has 0 amide bonds. The van der Waals surface area contributed by atoms with Crippen LogP contribution in [0.5, 0.6) is 0 Å². The van der Waals surface area contributed by atoms with Crippen LogP contribution in [0.25, 0.3) is 0 Å². The Morgan fingerprint density at radius 2 is 2.18 bits per heavy atom. The van der Waals surface area contributed by atoms with Gasteiger partial charge in [-0.25, -0.2) is 15.3 Å². The second kappa shape index (κ2) is 3.56. The van der Waals surface area contributed by atoms with Crippen molar-refractivity contribution in [3.8, 4) is 0 Å². The molecular formula is C13H16N2OS. The average Bonchev–Trinajstić information content (AvgIpc) is 3.03. The highest BCUT2D eigenvalue weighted by Crippen LogP contribution is 2.51. The number of thiophene rings is 1. The number of rotatable bonds is 1. The Morgan fingerprint density at radius 3 is 2.88 bits per heavy atom. The Morgan fingerprint density at radius 1 is 1.35 bits per heavy atom. The van der Waals surface area contributed by atoms with Crippen LogP contribution in [-0.2, 0) is 4.84 Å². The molecule has 4 rings (SSSR count). The summed E-state index contributed by atoms with van der Waals surface area (Å²) in [6.45, 7) is 0. The fraction of sp³-hybridized carbons (Fsp3) is 0.615. The van der Waals surface area contributed by atoms with Crippen LogP contribution in [-0.4, -0.2) is 11.6 Å². The van der Waals surface area contributed by atoms with E-state index in [2.05, 4.69) is 23.0 Å². The Hall–Kier alpha value is -0.870. The molecule has 0 aromatic carbocycles. The summed E-state index contributed by atoms with van der Waals surface area (Å²) in [5.74, 6) is 2.63. The zero-order chi connectivity index (χ0) is 11.3. The maximum absolute atomic E-state index is 5.83. The molecule has 3 nitrogen and oxygen atoms in total. The number of hydrogen-bond acceptors (Lipinski definition) is 4. The first-order valence-corrected chi connectivity index (χ1v) is 7.30. The van der Waals surface area contributed by atoms with Gasteiger partial charge in [-0.05, 0) is 36.1 Å². The van der Waals surface area contributed by atoms with Crippen molar-refractivity contribution in [3.05, 3.63) is 22.4 Å². The zero-order valence-corrected chi connectivity index (χ0v) is 10.5. The molecule has 2 heterocycles. The molecule has 2 saturated carbocycles. The smallest absolute Gasteiger partial charge is 0.188 e. The fourth-order valence-electron chi connectivity index (χ4n) is 3.64. The Labute approximate surface area is 105 Å². The molecule has 1 aliphatic heterocycles. The first-order valence-electron chi connectivity index (χ1n) is 6.42. The predicted octanol–water partition coefficient (Wildman–Crippen LogP) is 2.94. The minimum Gasteiger partial charge on any atom is -0.245 e. The molecule has 0 saturated heterocycles. The average molecular weight is 248 g/mol. The molecular weight excluding hydrogens is 232 g/mol. The summed E-state index contributed by atoms with van der Waals surface area (Å²) in [7, 11) is 0. The van der Waals surface area contributed by atoms with E-state index in [1.54, 1.807) is 11.3 Å². The number of fused-ring (bicyclic) bond motifs is 1. The summed E-state index contributed by atoms with van der Waals surface area (Å²) in [5, 5.41) is 2.08. The zero-order valence-electron chi connectivity index (χ0n) is 9.69. The van der Waals surface area contributed by atoms with Gasteiger partial charge in [0.25, 0.3) is 0 Å². The van der Waals surface area contributed by atoms with E-state index in [1.165, 1.54) is 24.1 Å². The molecule has 1 aromatic heterocycles. The van der Waals surface area contributed by atoms with Gasteiger partial charge in [-0.3, -0.25) is 0 Å². The van der Waals surface area contributed by atoms with Crippen LogP contribution in [0, 0.1) is 11.8 Å². The molecule has 4 heteroatoms. The van der Waals surface area contributed by atoms with Crippen LogP contribution in [0.3, 0.4) is 0 Å². The first-order chi connectivity index (χ1) is 8.35. The van der Waals surface area contributed by atoms with Gasteiger partial charge in [0.2, 0.25) is 0 Å². The summed E-state index contributed by atoms with van der Waals surface area (Å²) in [6.07, 6.45) is 6.37. The summed E-state index contributed by atoms with van der Waals surface area (Å²) >= 11 is 1.71. The van der Waals surface area contributed by atoms with Crippen molar-refractivity contribution in [2.24, 2.45) is 16.8 Å². The van der Waals surface area contributed by atoms with Crippen LogP contribution in [0.4, 0.5) is 0 Å². The third-order valence-electron chi connectivity index (χ3n) is 4.39. The SMILES string of the molecule is c1csc(C2=NC3(C[C@H]4CCC[C@H]4C3)ON2)c1. The van der Waals surface area contributed by atoms with E-state index in [0.717, 1.165) is 30.5 Å². The lowest BCUT2D eigenvalue weighted by molar-refractivity contribution is -0.0542. The predicted molar refractivity (Wildman–Crippen MR) is 67.9 cm³/mol. The van der Waals surface area contributed by atoms with Gasteiger partial charge < -0.3 is 0 Å². The second-order valence-corrected chi connectivity index (χ2v) is 6.40. The van der Waals surface area contributed by atoms with Crippen LogP contribution in [0.15, 0.2) is 22.5 Å². The molecule has 17 heavy (non-hydrogen) atoms. The van der Waals surface area contributed by atoms with Crippen molar-refractivity contribution in [1.29, 1.82) is 0 Å². The minimum absolute atomic E-state index is 0.241. The molecule has 2 aliphatic carbocycles. The lowest BCUT2D eigenvalue weighted by Crippen LogP contribution is -2.27. The van der Waals surface area contributed by atoms with Crippen molar-refractivity contribution in [3.63, 3.8) is 0 Å². The molecule has 3 atom stereocenters. The van der Waals surface area contributed by atoms with Crippen LogP contribution < -0.4 is 5.48 Å². The quantitative estimate of drug-likeness (QED) is 0.829. The van der Waals surface area contributed by atoms with Gasteiger partial charge in [0.05, 0.1) is 4.88 Å². The highest BCUT2D eigenvalue weighted by atomic mass is 32.1. The molecule has 1 spiro atoms. The fourth-order valence-corrected chi connectivity index (χ4v) is 4.30. The number of hydrogen-bond donors (Lipinski definition) is 1. The Kier molecular flexibility index (Phi) is 2.11. The lowest BCUT2D eigenvalue weighted by atomic mass is 10.0. The summed E-state index contributed by atoms with van der Waals surface area (Å²) < 4.78 is 0. The van der Waals surface area contributed by atoms with E-state index in [9.17, 15) is 0 Å². The van der Waals surface area contributed by atoms with Crippen LogP contribution >= 0.6 is 11.3 Å². The highest BCUT2D eigenvalue weighted by Gasteiger charge is 2.50. The summed E-state index contributed by atoms with van der Waals surface area (Å²) in [6, 6.07) is 4.15. The molecule has 3 aliphatic rings. The van der Waals surface area contributed by atoms with Gasteiger partial charge in [-0.15, -0.1) is 11.3 Å². The van der Waals surface area contributed by atoms with Gasteiger partial charge in [0.15, 0.2) is 11.6 Å². The lowest BCUT2D eigenvalue weighted by Gasteiger charge is -2.18. The van der Waals surface area contributed by atoms with E-state index in [0.29, 0.717) is 0 Å². The van der Waals surface area contributed by atoms with Crippen LogP contribution in [0.2, 0.25) is 0 Å². The van der Waals surface area contributed by atoms with E-state index in [4.69, 9.17) is 9.83 Å². The molecule has 1 N–H and O–H groups in total. The van der Waals surface area contributed by atoms with E-state index < -0.39 is 0 Å². The van der Waals surface area contributed by atoms with Crippen molar-refractivity contribution < 1.29 is 4.84 Å². The third-order valence-corrected chi connectivity index (χ3v) is 5.26. The monoisotopic (exact) mass is 248 g/mol. The highest BCUT2D eigenvalue weighted by molar-refractivity contribution is 7.12. The first kappa shape index (κ1) is 10.1. The number of amidine groups is 1. The van der Waals surface area contributed by atoms with Gasteiger partial charge in [0, 0.05) is 12.8 Å². The standard InChI is InChI=1S/C13H16N2OS/c1-3-9-7-13(8-10(9)4-1)14-12(15-16-13)11-5-2-6-17-11/h2,5-6,9-10H,1,3-4,7-8H2,(H,14,15)/t9-,10+,13?. The second-order valence-electron chi connectivity index (χ2n) is 5.45. The van der Waals surface area contributed by atoms with Crippen molar-refractivity contribution >= 4 is 17.2 Å². The number of aliphatic imine (C=N–C) groups is 1. The molecule has 90 valence electrons. The van der Waals surface area contributed by atoms with Crippen LogP contribution in [0.1, 0.15) is 37.0 Å². The van der Waals surface area contributed by atoms with Crippen molar-refractivity contribution in [1.82, 2.24) is 5.48 Å². The number of nitrogens with one attached hydrogen (secondary N) is 1. The Bertz CT molecular complexity index is 442. The topological polar surface area (TPSA) is 33.6 Å². The summed E-state index contributed by atoms with van der Waals surface area (Å²) in [5.41, 5.74) is 2.80. The van der Waals surface area contributed by atoms with Gasteiger partial charge in [-0.2, -0.15) is 0 Å². The summed E-state index contributed by atoms with van der Waals surface area (Å²) in [4.78, 5) is 11.8. The molecule has 1 aromatic rings. The normalized spacial score (nSPS) is 39.4. The van der Waals surface area contributed by atoms with E-state index in [-0.39, 0.29) is 5.72 Å². The third kappa shape index (κ3) is 1.54.